The Morgan fingerprint density at radius 1 is 1.06 bits per heavy atom. The highest BCUT2D eigenvalue weighted by molar-refractivity contribution is 6.49. The second-order valence-corrected chi connectivity index (χ2v) is 4.57. The number of imide groups is 1. The summed E-state index contributed by atoms with van der Waals surface area (Å²) >= 11 is 12.1. The molecule has 0 heterocycles. The fourth-order valence-corrected chi connectivity index (χ4v) is 2.11. The van der Waals surface area contributed by atoms with Gasteiger partial charge in [-0.05, 0) is 0 Å². The monoisotopic (exact) mass is 259 g/mol. The Bertz CT molecular complexity index is 390. The maximum Gasteiger partial charge on any atom is 0.228 e. The molecule has 2 amide bonds. The van der Waals surface area contributed by atoms with Crippen molar-refractivity contribution in [2.45, 2.75) is 18.3 Å². The number of benzene rings is 1. The quantitative estimate of drug-likeness (QED) is 0.605. The number of hydrogen-bond acceptors (Lipinski definition) is 2. The van der Waals surface area contributed by atoms with Crippen LogP contribution in [0, 0.1) is 0 Å². The summed E-state index contributed by atoms with van der Waals surface area (Å²) in [5.41, 5.74) is 0.476. The van der Waals surface area contributed by atoms with Gasteiger partial charge in [-0.25, -0.2) is 4.90 Å². The molecule has 0 aromatic heterocycles. The fourth-order valence-electron chi connectivity index (χ4n) is 1.38. The van der Waals surface area contributed by atoms with Crippen LogP contribution in [0.2, 0.25) is 0 Å². The first-order valence-electron chi connectivity index (χ1n) is 4.62. The summed E-state index contributed by atoms with van der Waals surface area (Å²) < 4.78 is -1.67. The van der Waals surface area contributed by atoms with Gasteiger partial charge in [0.05, 0.1) is 0 Å². The maximum atomic E-state index is 11.3. The van der Waals surface area contributed by atoms with Crippen molar-refractivity contribution in [2.24, 2.45) is 0 Å². The summed E-state index contributed by atoms with van der Waals surface area (Å²) in [6.07, 6.45) is 0. The average molecular weight is 260 g/mol. The van der Waals surface area contributed by atoms with Crippen LogP contribution in [0.1, 0.15) is 19.4 Å². The minimum Gasteiger partial charge on any atom is -0.275 e. The van der Waals surface area contributed by atoms with Gasteiger partial charge in [0, 0.05) is 19.4 Å². The normalized spacial score (nSPS) is 11.0. The maximum absolute atomic E-state index is 11.3. The largest absolute Gasteiger partial charge is 0.275 e. The fraction of sp³-hybridized carbons (Fsp3) is 0.273. The third-order valence-electron chi connectivity index (χ3n) is 2.03. The smallest absolute Gasteiger partial charge is 0.228 e. The summed E-state index contributed by atoms with van der Waals surface area (Å²) in [7, 11) is 0. The number of nitrogens with zero attached hydrogens (tertiary/aromatic N) is 1. The number of alkyl halides is 2. The zero-order chi connectivity index (χ0) is 12.3. The van der Waals surface area contributed by atoms with E-state index in [1.807, 2.05) is 0 Å². The van der Waals surface area contributed by atoms with E-state index < -0.39 is 16.3 Å². The predicted octanol–water partition coefficient (Wildman–Crippen LogP) is 2.67. The third kappa shape index (κ3) is 2.54. The minimum atomic E-state index is -1.67. The number of rotatable bonds is 2. The lowest BCUT2D eigenvalue weighted by atomic mass is 10.2. The van der Waals surface area contributed by atoms with Crippen molar-refractivity contribution in [3.63, 3.8) is 0 Å². The van der Waals surface area contributed by atoms with E-state index in [0.717, 1.165) is 4.90 Å². The molecule has 0 saturated carbocycles. The molecule has 1 aromatic carbocycles. The summed E-state index contributed by atoms with van der Waals surface area (Å²) in [4.78, 5) is 23.5. The van der Waals surface area contributed by atoms with Gasteiger partial charge in [0.2, 0.25) is 16.3 Å². The molecule has 3 nitrogen and oxygen atoms in total. The zero-order valence-electron chi connectivity index (χ0n) is 8.91. The highest BCUT2D eigenvalue weighted by Crippen LogP contribution is 2.37. The third-order valence-corrected chi connectivity index (χ3v) is 2.81. The van der Waals surface area contributed by atoms with E-state index in [4.69, 9.17) is 23.2 Å². The zero-order valence-corrected chi connectivity index (χ0v) is 10.4. The molecule has 5 heteroatoms. The van der Waals surface area contributed by atoms with Crippen LogP contribution in [0.3, 0.4) is 0 Å². The van der Waals surface area contributed by atoms with Crippen molar-refractivity contribution in [3.8, 4) is 0 Å². The minimum absolute atomic E-state index is 0.476. The van der Waals surface area contributed by atoms with E-state index in [-0.39, 0.29) is 0 Å². The van der Waals surface area contributed by atoms with Crippen LogP contribution in [0.5, 0.6) is 0 Å². The number of carbonyl (C=O) groups is 2. The summed E-state index contributed by atoms with van der Waals surface area (Å²) in [6.45, 7) is 2.48. The van der Waals surface area contributed by atoms with Crippen LogP contribution in [-0.2, 0) is 14.0 Å². The van der Waals surface area contributed by atoms with E-state index in [9.17, 15) is 9.59 Å². The Balaban J connectivity index is 3.18. The van der Waals surface area contributed by atoms with Gasteiger partial charge in [0.25, 0.3) is 0 Å². The topological polar surface area (TPSA) is 37.4 Å². The number of carbonyl (C=O) groups excluding carboxylic acids is 2. The molecule has 0 aliphatic carbocycles. The SMILES string of the molecule is CC(=O)N(C(C)=O)C(Cl)(Cl)c1ccccc1. The van der Waals surface area contributed by atoms with E-state index in [0.29, 0.717) is 5.56 Å². The van der Waals surface area contributed by atoms with Crippen molar-refractivity contribution in [1.82, 2.24) is 4.90 Å². The highest BCUT2D eigenvalue weighted by Gasteiger charge is 2.38. The standard InChI is InChI=1S/C11H11Cl2NO2/c1-8(15)14(9(2)16)11(12,13)10-6-4-3-5-7-10/h3-7H,1-2H3. The lowest BCUT2D eigenvalue weighted by Gasteiger charge is -2.31. The van der Waals surface area contributed by atoms with Crippen LogP contribution in [0.15, 0.2) is 30.3 Å². The molecule has 0 unspecified atom stereocenters. The van der Waals surface area contributed by atoms with Gasteiger partial charge in [0.1, 0.15) is 0 Å². The van der Waals surface area contributed by atoms with E-state index >= 15 is 0 Å². The first-order chi connectivity index (χ1) is 7.37. The molecule has 0 atom stereocenters. The molecule has 0 aliphatic rings. The van der Waals surface area contributed by atoms with E-state index in [1.165, 1.54) is 13.8 Å². The van der Waals surface area contributed by atoms with Crippen molar-refractivity contribution < 1.29 is 9.59 Å². The van der Waals surface area contributed by atoms with Gasteiger partial charge < -0.3 is 0 Å². The Kier molecular flexibility index (Phi) is 3.94. The Morgan fingerprint density at radius 3 is 1.88 bits per heavy atom. The first kappa shape index (κ1) is 13.0. The molecular formula is C11H11Cl2NO2. The van der Waals surface area contributed by atoms with Crippen LogP contribution < -0.4 is 0 Å². The molecule has 0 saturated heterocycles. The van der Waals surface area contributed by atoms with Gasteiger partial charge in [-0.15, -0.1) is 0 Å². The molecule has 0 N–H and O–H groups in total. The summed E-state index contributed by atoms with van der Waals surface area (Å²) in [6, 6.07) is 8.55. The molecule has 16 heavy (non-hydrogen) atoms. The number of halogens is 2. The molecule has 0 aliphatic heterocycles. The Hall–Kier alpha value is -1.06. The Labute approximate surface area is 104 Å². The molecule has 86 valence electrons. The van der Waals surface area contributed by atoms with Crippen molar-refractivity contribution in [3.05, 3.63) is 35.9 Å². The average Bonchev–Trinajstić information content (AvgIpc) is 2.17. The number of hydrogen-bond donors (Lipinski definition) is 0. The summed E-state index contributed by atoms with van der Waals surface area (Å²) in [5.74, 6) is -0.997. The molecule has 1 rings (SSSR count). The van der Waals surface area contributed by atoms with Crippen molar-refractivity contribution in [2.75, 3.05) is 0 Å². The van der Waals surface area contributed by atoms with Crippen LogP contribution in [0.25, 0.3) is 0 Å². The molecule has 0 bridgehead atoms. The van der Waals surface area contributed by atoms with Crippen LogP contribution >= 0.6 is 23.2 Å². The second kappa shape index (κ2) is 4.85. The predicted molar refractivity (Wildman–Crippen MR) is 63.0 cm³/mol. The highest BCUT2D eigenvalue weighted by atomic mass is 35.5. The molecular weight excluding hydrogens is 249 g/mol. The molecule has 0 fully saturated rings. The van der Waals surface area contributed by atoms with Crippen LogP contribution in [0.4, 0.5) is 0 Å². The Morgan fingerprint density at radius 2 is 1.50 bits per heavy atom. The molecule has 0 spiro atoms. The second-order valence-electron chi connectivity index (χ2n) is 3.28. The molecule has 1 aromatic rings. The van der Waals surface area contributed by atoms with Gasteiger partial charge in [0.15, 0.2) is 0 Å². The lowest BCUT2D eigenvalue weighted by Crippen LogP contribution is -2.44. The lowest BCUT2D eigenvalue weighted by molar-refractivity contribution is -0.144. The van der Waals surface area contributed by atoms with Gasteiger partial charge in [-0.1, -0.05) is 53.5 Å². The van der Waals surface area contributed by atoms with E-state index in [2.05, 4.69) is 0 Å². The molecule has 0 radical (unpaired) electrons. The van der Waals surface area contributed by atoms with Crippen molar-refractivity contribution >= 4 is 35.0 Å². The van der Waals surface area contributed by atoms with Gasteiger partial charge in [-0.3, -0.25) is 9.59 Å². The van der Waals surface area contributed by atoms with Crippen LogP contribution in [-0.4, -0.2) is 16.7 Å². The van der Waals surface area contributed by atoms with Gasteiger partial charge in [-0.2, -0.15) is 0 Å². The van der Waals surface area contributed by atoms with Crippen molar-refractivity contribution in [1.29, 1.82) is 0 Å². The first-order valence-corrected chi connectivity index (χ1v) is 5.37. The van der Waals surface area contributed by atoms with E-state index in [1.54, 1.807) is 30.3 Å². The summed E-state index contributed by atoms with van der Waals surface area (Å²) in [5, 5.41) is 0. The number of amides is 2. The van der Waals surface area contributed by atoms with Gasteiger partial charge >= 0.3 is 0 Å².